The molecule has 12 rings (SSSR count). The maximum Gasteiger partial charge on any atom is 0.410 e. The van der Waals surface area contributed by atoms with E-state index in [1.807, 2.05) is 72.9 Å². The normalized spacial score (nSPS) is 20.4. The molecule has 144 heavy (non-hydrogen) atoms. The highest BCUT2D eigenvalue weighted by Crippen LogP contribution is 2.40. The number of fused-ring (bicyclic) bond motifs is 4. The van der Waals surface area contributed by atoms with E-state index in [0.29, 0.717) is 125 Å². The lowest BCUT2D eigenvalue weighted by molar-refractivity contribution is -0.138. The van der Waals surface area contributed by atoms with Crippen LogP contribution in [0.4, 0.5) is 9.59 Å². The molecule has 4 aromatic carbocycles. The Kier molecular flexibility index (Phi) is 46.1. The van der Waals surface area contributed by atoms with Crippen LogP contribution in [0.2, 0.25) is 10.0 Å². The summed E-state index contributed by atoms with van der Waals surface area (Å²) < 4.78 is 21.4. The van der Waals surface area contributed by atoms with Crippen molar-refractivity contribution in [1.29, 1.82) is 0 Å². The van der Waals surface area contributed by atoms with Crippen molar-refractivity contribution in [1.82, 2.24) is 40.0 Å². The molecule has 8 amide bonds. The number of hydrogen-bond acceptors (Lipinski definition) is 30. The smallest absolute Gasteiger partial charge is 0.410 e. The van der Waals surface area contributed by atoms with E-state index in [1.165, 1.54) is 12.1 Å². The number of piperidine rings is 2. The van der Waals surface area contributed by atoms with Crippen molar-refractivity contribution >= 4 is 106 Å². The second-order valence-electron chi connectivity index (χ2n) is 36.6. The fourth-order valence-corrected chi connectivity index (χ4v) is 16.1. The standard InChI is InChI=1S/2C28H37N3O8.2C24H30ClN3O5/c2*1-28(2,3)39-27(36)31-13-11-30(12-14-31)24(34)19-38-29-21-10-8-6-4-5-7-9-15-37-26(35)25-20(16-21)17-22(32)18-23(25)33;2*25-23-18-14-17(27-33-16-21(31)28-12-8-5-9-13-28)10-6-3-1-2-4-7-11-26-24(32)22(18)19(29)15-20(23)30/h2*5,7-8,10,17-18,32-33H,4,6,9,11-16,19H2,1-3H3;2*2,4,6,10,15,29-30H,1,3,5,7-9,11-14,16H2,(H,26,32)/b7-5+,10-8+,29-21+;7-5+,10-8+,29-21-;4-2+,10-6+,27-17+;4-2+,10-6+,27-17-. The van der Waals surface area contributed by atoms with Crippen molar-refractivity contribution < 1.29 is 127 Å². The molecule has 0 aromatic heterocycles. The molecule has 8 heterocycles. The number of phenolic OH excluding ortho intramolecular Hbond substituents is 8. The fourth-order valence-electron chi connectivity index (χ4n) is 15.7. The van der Waals surface area contributed by atoms with Gasteiger partial charge in [0.05, 0.1) is 57.2 Å². The first-order valence-electron chi connectivity index (χ1n) is 48.6. The molecule has 10 N–H and O–H groups in total. The number of phenols is 8. The number of halogens is 2. The van der Waals surface area contributed by atoms with Crippen LogP contribution in [0.5, 0.6) is 46.0 Å². The van der Waals surface area contributed by atoms with Crippen LogP contribution in [0.25, 0.3) is 0 Å². The van der Waals surface area contributed by atoms with Crippen LogP contribution >= 0.6 is 23.2 Å². The van der Waals surface area contributed by atoms with Crippen LogP contribution in [-0.4, -0.2) is 295 Å². The van der Waals surface area contributed by atoms with Crippen LogP contribution < -0.4 is 10.6 Å². The Hall–Kier alpha value is -14.0. The highest BCUT2D eigenvalue weighted by atomic mass is 35.5. The van der Waals surface area contributed by atoms with Crippen molar-refractivity contribution in [2.24, 2.45) is 20.6 Å². The van der Waals surface area contributed by atoms with E-state index in [2.05, 4.69) is 31.3 Å². The molecule has 0 saturated carbocycles. The van der Waals surface area contributed by atoms with E-state index >= 15 is 0 Å². The molecular formula is C104H134Cl2N12O26. The Bertz CT molecular complexity index is 5150. The Morgan fingerprint density at radius 1 is 0.333 bits per heavy atom. The quantitative estimate of drug-likeness (QED) is 0.0272. The van der Waals surface area contributed by atoms with E-state index in [4.69, 9.17) is 61.5 Å². The monoisotopic (exact) mass is 2040 g/mol. The first kappa shape index (κ1) is 114. The van der Waals surface area contributed by atoms with Crippen molar-refractivity contribution in [2.75, 3.05) is 131 Å². The van der Waals surface area contributed by atoms with Gasteiger partial charge in [-0.05, 0) is 216 Å². The van der Waals surface area contributed by atoms with Gasteiger partial charge < -0.3 is 119 Å². The van der Waals surface area contributed by atoms with Crippen molar-refractivity contribution in [3.05, 3.63) is 188 Å². The number of nitrogens with zero attached hydrogens (tertiary/aromatic N) is 10. The first-order valence-corrected chi connectivity index (χ1v) is 49.3. The number of carbonyl (C=O) groups is 10. The lowest BCUT2D eigenvalue weighted by Crippen LogP contribution is -2.52. The molecule has 4 saturated heterocycles. The number of aromatic hydroxyl groups is 8. The molecular weight excluding hydrogens is 1900 g/mol. The molecule has 4 fully saturated rings. The van der Waals surface area contributed by atoms with E-state index in [1.54, 1.807) is 95.2 Å². The van der Waals surface area contributed by atoms with Crippen molar-refractivity contribution in [3.63, 3.8) is 0 Å². The van der Waals surface area contributed by atoms with Gasteiger partial charge in [-0.25, -0.2) is 19.2 Å². The van der Waals surface area contributed by atoms with Gasteiger partial charge in [-0.3, -0.25) is 28.8 Å². The zero-order valence-corrected chi connectivity index (χ0v) is 84.1. The predicted molar refractivity (Wildman–Crippen MR) is 541 cm³/mol. The summed E-state index contributed by atoms with van der Waals surface area (Å²) in [7, 11) is 0. The van der Waals surface area contributed by atoms with Gasteiger partial charge in [0.2, 0.25) is 0 Å². The minimum atomic E-state index is -0.710. The number of nitrogens with one attached hydrogen (secondary N) is 2. The average molecular weight is 2040 g/mol. The van der Waals surface area contributed by atoms with Gasteiger partial charge in [0.25, 0.3) is 35.4 Å². The second kappa shape index (κ2) is 58.5. The van der Waals surface area contributed by atoms with Crippen LogP contribution in [0.15, 0.2) is 154 Å². The molecule has 0 unspecified atom stereocenters. The number of rotatable bonds is 12. The Morgan fingerprint density at radius 3 is 0.917 bits per heavy atom. The second-order valence-corrected chi connectivity index (χ2v) is 37.4. The lowest BCUT2D eigenvalue weighted by atomic mass is 9.98. The summed E-state index contributed by atoms with van der Waals surface area (Å²) in [5.41, 5.74) is 1.31. The molecule has 0 radical (unpaired) electrons. The molecule has 38 nitrogen and oxygen atoms in total. The lowest BCUT2D eigenvalue weighted by Gasteiger charge is -2.35. The number of oxime groups is 4. The number of cyclic esters (lactones) is 2. The Labute approximate surface area is 848 Å². The zero-order valence-electron chi connectivity index (χ0n) is 82.6. The van der Waals surface area contributed by atoms with Gasteiger partial charge in [-0.15, -0.1) is 0 Å². The highest BCUT2D eigenvalue weighted by Gasteiger charge is 2.33. The van der Waals surface area contributed by atoms with Gasteiger partial charge in [-0.2, -0.15) is 0 Å². The van der Waals surface area contributed by atoms with Crippen molar-refractivity contribution in [2.45, 2.75) is 194 Å². The number of hydrogen-bond donors (Lipinski definition) is 10. The number of esters is 2. The largest absolute Gasteiger partial charge is 0.508 e. The van der Waals surface area contributed by atoms with Crippen LogP contribution in [-0.2, 0) is 83.2 Å². The molecule has 0 atom stereocenters. The van der Waals surface area contributed by atoms with Crippen LogP contribution in [0, 0.1) is 0 Å². The summed E-state index contributed by atoms with van der Waals surface area (Å²) in [6, 6.07) is 6.97. The molecule has 8 aliphatic heterocycles. The molecule has 780 valence electrons. The van der Waals surface area contributed by atoms with Gasteiger partial charge in [0.1, 0.15) is 68.3 Å². The fraction of sp³-hybridized carbons (Fsp3) is 0.481. The number of amides is 8. The number of allylic oxidation sites excluding steroid dienone is 12. The van der Waals surface area contributed by atoms with E-state index in [0.717, 1.165) is 140 Å². The first-order chi connectivity index (χ1) is 69.0. The number of likely N-dealkylation sites (tertiary alicyclic amines) is 2. The summed E-state index contributed by atoms with van der Waals surface area (Å²) in [6.45, 7) is 16.6. The minimum absolute atomic E-state index is 0.0216. The molecule has 0 aliphatic carbocycles. The summed E-state index contributed by atoms with van der Waals surface area (Å²) in [6.07, 6.45) is 44.5. The van der Waals surface area contributed by atoms with E-state index in [9.17, 15) is 88.8 Å². The number of piperazine rings is 2. The topological polar surface area (TPSA) is 499 Å². The zero-order chi connectivity index (χ0) is 104. The van der Waals surface area contributed by atoms with Crippen LogP contribution in [0.3, 0.4) is 0 Å². The summed E-state index contributed by atoms with van der Waals surface area (Å²) in [4.78, 5) is 157. The number of benzene rings is 4. The van der Waals surface area contributed by atoms with E-state index in [-0.39, 0.29) is 167 Å². The van der Waals surface area contributed by atoms with Crippen molar-refractivity contribution in [3.8, 4) is 46.0 Å². The SMILES string of the molecule is CC(C)(C)OC(=O)N1CCN(C(=O)CO/N=C2/C=C/CC/C=C/CCOC(=O)c3c(O)cc(O)cc3C2)CC1.CC(C)(C)OC(=O)N1CCN(C(=O)CO/N=C2\C=C\CC/C=C/CCOC(=O)c3c(O)cc(O)cc3C2)CC1.O=C1NCC/C=C/CC/C=C/C(=N/OCC(=O)N2CCCCC2)Cc2c(Cl)c(O)cc(O)c21.O=C1NCC/C=C/CC/C=C/C(=N\OCC(=O)N2CCCCC2)Cc2c(Cl)c(O)cc(O)c21. The summed E-state index contributed by atoms with van der Waals surface area (Å²) in [5.74, 6) is -5.89. The third kappa shape index (κ3) is 38.3. The van der Waals surface area contributed by atoms with Gasteiger partial charge in [0.15, 0.2) is 26.4 Å². The maximum absolute atomic E-state index is 12.8. The highest BCUT2D eigenvalue weighted by molar-refractivity contribution is 6.34. The Morgan fingerprint density at radius 2 is 0.604 bits per heavy atom. The van der Waals surface area contributed by atoms with Gasteiger partial charge in [0, 0.05) is 142 Å². The third-order valence-electron chi connectivity index (χ3n) is 22.9. The van der Waals surface area contributed by atoms with Gasteiger partial charge >= 0.3 is 24.1 Å². The third-order valence-corrected chi connectivity index (χ3v) is 23.8. The molecule has 0 spiro atoms. The predicted octanol–water partition coefficient (Wildman–Crippen LogP) is 14.5. The molecule has 4 aromatic rings. The summed E-state index contributed by atoms with van der Waals surface area (Å²) >= 11 is 12.6. The van der Waals surface area contributed by atoms with Gasteiger partial charge in [-0.1, -0.05) is 117 Å². The average Bonchev–Trinajstić information content (AvgIpc) is 0.804. The van der Waals surface area contributed by atoms with Crippen LogP contribution in [0.1, 0.15) is 221 Å². The molecule has 8 aliphatic rings. The molecule has 40 heteroatoms. The number of carbonyl (C=O) groups excluding carboxylic acids is 10. The molecule has 0 bridgehead atoms. The summed E-state index contributed by atoms with van der Waals surface area (Å²) in [5, 5.41) is 104. The minimum Gasteiger partial charge on any atom is -0.508 e. The maximum atomic E-state index is 12.8. The number of ether oxygens (including phenoxy) is 4. The van der Waals surface area contributed by atoms with E-state index < -0.39 is 58.6 Å². The Balaban J connectivity index is 0.000000215.